The number of nitrogens with zero attached hydrogens (tertiary/aromatic N) is 1. The van der Waals surface area contributed by atoms with Crippen LogP contribution >= 0.6 is 0 Å². The molecule has 0 spiro atoms. The minimum absolute atomic E-state index is 0.226. The van der Waals surface area contributed by atoms with Gasteiger partial charge in [-0.05, 0) is 48.1 Å². The molecule has 1 heterocycles. The van der Waals surface area contributed by atoms with Crippen LogP contribution in [0.25, 0.3) is 0 Å². The standard InChI is InChI=1S/C33H43NO2/c1-3-4-5-6-13-18-30-24-33(36-26-29-16-11-8-12-17-29)32(23-27-14-9-7-10-15-27)34(30)25-28-19-21-31(35-2)22-20-28/h7-12,14-17,19-22,30,32-33H,3-6,13,18,23-26H2,1-2H3/t30-,32+,33+/m1/s1. The summed E-state index contributed by atoms with van der Waals surface area (Å²) in [6.45, 7) is 3.92. The van der Waals surface area contributed by atoms with Gasteiger partial charge < -0.3 is 9.47 Å². The van der Waals surface area contributed by atoms with Gasteiger partial charge >= 0.3 is 0 Å². The fraction of sp³-hybridized carbons (Fsp3) is 0.455. The van der Waals surface area contributed by atoms with Crippen LogP contribution in [-0.2, 0) is 24.3 Å². The third-order valence-electron chi connectivity index (χ3n) is 7.59. The molecule has 1 saturated heterocycles. The molecule has 3 aromatic carbocycles. The number of methoxy groups -OCH3 is 1. The van der Waals surface area contributed by atoms with Crippen LogP contribution in [0.5, 0.6) is 5.75 Å². The van der Waals surface area contributed by atoms with Crippen LogP contribution < -0.4 is 4.74 Å². The van der Waals surface area contributed by atoms with E-state index in [1.54, 1.807) is 7.11 Å². The molecule has 3 atom stereocenters. The van der Waals surface area contributed by atoms with Crippen molar-refractivity contribution in [1.29, 1.82) is 0 Å². The molecule has 0 amide bonds. The lowest BCUT2D eigenvalue weighted by Gasteiger charge is -2.32. The monoisotopic (exact) mass is 485 g/mol. The second kappa shape index (κ2) is 14.2. The zero-order valence-electron chi connectivity index (χ0n) is 22.1. The summed E-state index contributed by atoms with van der Waals surface area (Å²) < 4.78 is 12.1. The Morgan fingerprint density at radius 2 is 1.42 bits per heavy atom. The molecule has 0 saturated carbocycles. The number of hydrogen-bond acceptors (Lipinski definition) is 3. The molecule has 0 aliphatic carbocycles. The maximum Gasteiger partial charge on any atom is 0.118 e. The molecule has 3 nitrogen and oxygen atoms in total. The van der Waals surface area contributed by atoms with Gasteiger partial charge in [0.25, 0.3) is 0 Å². The molecule has 192 valence electrons. The lowest BCUT2D eigenvalue weighted by Crippen LogP contribution is -2.40. The van der Waals surface area contributed by atoms with Crippen LogP contribution in [0.2, 0.25) is 0 Å². The maximum absolute atomic E-state index is 6.69. The normalized spacial score (nSPS) is 20.0. The van der Waals surface area contributed by atoms with Crippen molar-refractivity contribution in [1.82, 2.24) is 4.90 Å². The van der Waals surface area contributed by atoms with E-state index in [2.05, 4.69) is 96.8 Å². The summed E-state index contributed by atoms with van der Waals surface area (Å²) in [5, 5.41) is 0. The summed E-state index contributed by atoms with van der Waals surface area (Å²) in [5.41, 5.74) is 3.98. The lowest BCUT2D eigenvalue weighted by atomic mass is 10.0. The van der Waals surface area contributed by atoms with Gasteiger partial charge in [0.15, 0.2) is 0 Å². The first-order valence-corrected chi connectivity index (χ1v) is 13.8. The van der Waals surface area contributed by atoms with E-state index in [0.717, 1.165) is 25.1 Å². The highest BCUT2D eigenvalue weighted by Gasteiger charge is 2.41. The van der Waals surface area contributed by atoms with Gasteiger partial charge in [-0.1, -0.05) is 112 Å². The number of rotatable bonds is 14. The van der Waals surface area contributed by atoms with E-state index in [1.807, 2.05) is 0 Å². The van der Waals surface area contributed by atoms with Gasteiger partial charge in [-0.3, -0.25) is 4.90 Å². The Kier molecular flexibility index (Phi) is 10.4. The van der Waals surface area contributed by atoms with E-state index >= 15 is 0 Å². The number of unbranched alkanes of at least 4 members (excludes halogenated alkanes) is 4. The van der Waals surface area contributed by atoms with Crippen molar-refractivity contribution in [3.63, 3.8) is 0 Å². The number of benzene rings is 3. The van der Waals surface area contributed by atoms with E-state index < -0.39 is 0 Å². The molecule has 0 bridgehead atoms. The molecule has 3 aromatic rings. The molecule has 0 radical (unpaired) electrons. The second-order valence-electron chi connectivity index (χ2n) is 10.2. The SMILES string of the molecule is CCCCCCC[C@@H]1C[C@H](OCc2ccccc2)[C@H](Cc2ccccc2)N1Cc1ccc(OC)cc1. The molecule has 0 unspecified atom stereocenters. The quantitative estimate of drug-likeness (QED) is 0.217. The topological polar surface area (TPSA) is 21.7 Å². The zero-order chi connectivity index (χ0) is 25.0. The molecule has 4 rings (SSSR count). The summed E-state index contributed by atoms with van der Waals surface area (Å²) in [6, 6.07) is 31.1. The first kappa shape index (κ1) is 26.4. The van der Waals surface area contributed by atoms with Crippen molar-refractivity contribution in [2.75, 3.05) is 7.11 Å². The summed E-state index contributed by atoms with van der Waals surface area (Å²) >= 11 is 0. The van der Waals surface area contributed by atoms with Gasteiger partial charge in [0.05, 0.1) is 19.8 Å². The zero-order valence-corrected chi connectivity index (χ0v) is 22.1. The first-order valence-electron chi connectivity index (χ1n) is 13.8. The van der Waals surface area contributed by atoms with Crippen molar-refractivity contribution >= 4 is 0 Å². The Labute approximate surface area is 218 Å². The highest BCUT2D eigenvalue weighted by atomic mass is 16.5. The highest BCUT2D eigenvalue weighted by Crippen LogP contribution is 2.34. The van der Waals surface area contributed by atoms with Crippen molar-refractivity contribution in [3.8, 4) is 5.75 Å². The molecule has 36 heavy (non-hydrogen) atoms. The van der Waals surface area contributed by atoms with Crippen LogP contribution in [0.4, 0.5) is 0 Å². The Balaban J connectivity index is 1.53. The summed E-state index contributed by atoms with van der Waals surface area (Å²) in [6.07, 6.45) is 10.2. The average molecular weight is 486 g/mol. The second-order valence-corrected chi connectivity index (χ2v) is 10.2. The lowest BCUT2D eigenvalue weighted by molar-refractivity contribution is 0.0138. The number of ether oxygens (including phenoxy) is 2. The Morgan fingerprint density at radius 3 is 2.08 bits per heavy atom. The minimum Gasteiger partial charge on any atom is -0.497 e. The minimum atomic E-state index is 0.226. The van der Waals surface area contributed by atoms with E-state index in [0.29, 0.717) is 18.7 Å². The van der Waals surface area contributed by atoms with Gasteiger partial charge in [0, 0.05) is 18.6 Å². The maximum atomic E-state index is 6.69. The highest BCUT2D eigenvalue weighted by molar-refractivity contribution is 5.27. The summed E-state index contributed by atoms with van der Waals surface area (Å²) in [5.74, 6) is 0.914. The van der Waals surface area contributed by atoms with E-state index in [1.165, 1.54) is 55.2 Å². The van der Waals surface area contributed by atoms with Gasteiger partial charge in [-0.2, -0.15) is 0 Å². The Bertz CT molecular complexity index is 989. The Hall–Kier alpha value is -2.62. The molecule has 3 heteroatoms. The molecular weight excluding hydrogens is 442 g/mol. The molecule has 1 aliphatic rings. The van der Waals surface area contributed by atoms with Gasteiger partial charge in [-0.15, -0.1) is 0 Å². The van der Waals surface area contributed by atoms with Crippen molar-refractivity contribution in [3.05, 3.63) is 102 Å². The molecule has 1 fully saturated rings. The molecule has 0 aromatic heterocycles. The largest absolute Gasteiger partial charge is 0.497 e. The van der Waals surface area contributed by atoms with Crippen molar-refractivity contribution in [2.45, 2.75) is 89.6 Å². The fourth-order valence-electron chi connectivity index (χ4n) is 5.56. The molecular formula is C33H43NO2. The van der Waals surface area contributed by atoms with Gasteiger partial charge in [0.2, 0.25) is 0 Å². The van der Waals surface area contributed by atoms with Gasteiger partial charge in [-0.25, -0.2) is 0 Å². The first-order chi connectivity index (χ1) is 17.8. The van der Waals surface area contributed by atoms with Crippen LogP contribution in [0.1, 0.15) is 68.6 Å². The van der Waals surface area contributed by atoms with Crippen LogP contribution in [-0.4, -0.2) is 30.2 Å². The number of likely N-dealkylation sites (tertiary alicyclic amines) is 1. The summed E-state index contributed by atoms with van der Waals surface area (Å²) in [4.78, 5) is 2.75. The smallest absolute Gasteiger partial charge is 0.118 e. The van der Waals surface area contributed by atoms with Crippen molar-refractivity contribution in [2.24, 2.45) is 0 Å². The van der Waals surface area contributed by atoms with Crippen molar-refractivity contribution < 1.29 is 9.47 Å². The number of hydrogen-bond donors (Lipinski definition) is 0. The van der Waals surface area contributed by atoms with E-state index in [-0.39, 0.29) is 6.10 Å². The molecule has 0 N–H and O–H groups in total. The predicted octanol–water partition coefficient (Wildman–Crippen LogP) is 7.83. The fourth-order valence-corrected chi connectivity index (χ4v) is 5.56. The third-order valence-corrected chi connectivity index (χ3v) is 7.59. The van der Waals surface area contributed by atoms with E-state index in [4.69, 9.17) is 9.47 Å². The average Bonchev–Trinajstić information content (AvgIpc) is 3.24. The summed E-state index contributed by atoms with van der Waals surface area (Å²) in [7, 11) is 1.73. The predicted molar refractivity (Wildman–Crippen MR) is 149 cm³/mol. The van der Waals surface area contributed by atoms with Crippen LogP contribution in [0.15, 0.2) is 84.9 Å². The van der Waals surface area contributed by atoms with Crippen LogP contribution in [0.3, 0.4) is 0 Å². The van der Waals surface area contributed by atoms with E-state index in [9.17, 15) is 0 Å². The molecule has 1 aliphatic heterocycles. The van der Waals surface area contributed by atoms with Crippen LogP contribution in [0, 0.1) is 0 Å². The van der Waals surface area contributed by atoms with Gasteiger partial charge in [0.1, 0.15) is 5.75 Å². The third kappa shape index (κ3) is 7.69. The Morgan fingerprint density at radius 1 is 0.750 bits per heavy atom.